The molecule has 0 radical (unpaired) electrons. The van der Waals surface area contributed by atoms with Crippen LogP contribution in [-0.2, 0) is 9.59 Å². The lowest BCUT2D eigenvalue weighted by molar-refractivity contribution is -0.142. The van der Waals surface area contributed by atoms with E-state index in [1.54, 1.807) is 11.8 Å². The van der Waals surface area contributed by atoms with Gasteiger partial charge in [-0.15, -0.1) is 11.8 Å². The SMILES string of the molecule is CCCCCCCCN1c2ccccc2SC1SC(CC(=O)O)C(=O)O.N. The molecule has 27 heavy (non-hydrogen) atoms. The Bertz CT molecular complexity index is 615. The molecule has 0 aromatic heterocycles. The van der Waals surface area contributed by atoms with Crippen molar-refractivity contribution in [2.24, 2.45) is 0 Å². The van der Waals surface area contributed by atoms with E-state index in [-0.39, 0.29) is 17.3 Å². The highest BCUT2D eigenvalue weighted by Crippen LogP contribution is 2.48. The molecule has 8 heteroatoms. The Morgan fingerprint density at radius 3 is 2.48 bits per heavy atom. The van der Waals surface area contributed by atoms with Crippen LogP contribution in [0.4, 0.5) is 5.69 Å². The number of para-hydroxylation sites is 1. The number of hydrogen-bond donors (Lipinski definition) is 3. The summed E-state index contributed by atoms with van der Waals surface area (Å²) in [4.78, 5) is 25.8. The lowest BCUT2D eigenvalue weighted by Crippen LogP contribution is -2.32. The summed E-state index contributed by atoms with van der Waals surface area (Å²) in [5.41, 5.74) is 1.13. The van der Waals surface area contributed by atoms with Crippen LogP contribution in [0.1, 0.15) is 51.9 Å². The minimum atomic E-state index is -1.08. The summed E-state index contributed by atoms with van der Waals surface area (Å²) in [6.45, 7) is 3.07. The minimum Gasteiger partial charge on any atom is -0.481 e. The molecular formula is C19H30N2O4S2. The van der Waals surface area contributed by atoms with E-state index >= 15 is 0 Å². The van der Waals surface area contributed by atoms with Crippen LogP contribution in [0.25, 0.3) is 0 Å². The zero-order chi connectivity index (χ0) is 18.9. The van der Waals surface area contributed by atoms with E-state index < -0.39 is 17.2 Å². The zero-order valence-electron chi connectivity index (χ0n) is 15.8. The summed E-state index contributed by atoms with van der Waals surface area (Å²) in [5, 5.41) is 17.4. The van der Waals surface area contributed by atoms with Crippen molar-refractivity contribution in [1.29, 1.82) is 0 Å². The largest absolute Gasteiger partial charge is 0.481 e. The van der Waals surface area contributed by atoms with Crippen LogP contribution in [0.2, 0.25) is 0 Å². The number of unbranched alkanes of at least 4 members (excludes halogenated alkanes) is 5. The van der Waals surface area contributed by atoms with Crippen LogP contribution >= 0.6 is 23.5 Å². The second kappa shape index (κ2) is 12.2. The first kappa shape index (κ1) is 23.7. The van der Waals surface area contributed by atoms with E-state index in [1.165, 1.54) is 37.4 Å². The predicted molar refractivity (Wildman–Crippen MR) is 113 cm³/mol. The number of anilines is 1. The van der Waals surface area contributed by atoms with E-state index in [1.807, 2.05) is 18.2 Å². The van der Waals surface area contributed by atoms with Gasteiger partial charge in [0.05, 0.1) is 12.1 Å². The molecule has 1 aliphatic rings. The molecule has 0 amide bonds. The monoisotopic (exact) mass is 414 g/mol. The van der Waals surface area contributed by atoms with E-state index in [0.717, 1.165) is 30.0 Å². The zero-order valence-corrected chi connectivity index (χ0v) is 17.4. The predicted octanol–water partition coefficient (Wildman–Crippen LogP) is 5.07. The molecule has 0 bridgehead atoms. The number of carbonyl (C=O) groups is 2. The fraction of sp³-hybridized carbons (Fsp3) is 0.579. The molecule has 152 valence electrons. The third kappa shape index (κ3) is 7.27. The second-order valence-corrected chi connectivity index (χ2v) is 9.12. The minimum absolute atomic E-state index is 0. The van der Waals surface area contributed by atoms with Crippen molar-refractivity contribution < 1.29 is 19.8 Å². The van der Waals surface area contributed by atoms with Crippen molar-refractivity contribution in [1.82, 2.24) is 6.15 Å². The lowest BCUT2D eigenvalue weighted by Gasteiger charge is -2.27. The summed E-state index contributed by atoms with van der Waals surface area (Å²) < 4.78 is -0.0940. The van der Waals surface area contributed by atoms with Crippen LogP contribution in [-0.4, -0.2) is 38.7 Å². The fourth-order valence-corrected chi connectivity index (χ4v) is 5.93. The molecule has 0 spiro atoms. The van der Waals surface area contributed by atoms with Gasteiger partial charge in [-0.2, -0.15) is 0 Å². The normalized spacial score (nSPS) is 16.5. The van der Waals surface area contributed by atoms with Crippen LogP contribution in [0.3, 0.4) is 0 Å². The van der Waals surface area contributed by atoms with Gasteiger partial charge in [0.1, 0.15) is 9.96 Å². The van der Waals surface area contributed by atoms with Crippen molar-refractivity contribution >= 4 is 41.1 Å². The number of thioether (sulfide) groups is 2. The van der Waals surface area contributed by atoms with Crippen molar-refractivity contribution in [3.63, 3.8) is 0 Å². The Morgan fingerprint density at radius 1 is 1.15 bits per heavy atom. The van der Waals surface area contributed by atoms with Gasteiger partial charge in [-0.3, -0.25) is 9.59 Å². The number of hydrogen-bond acceptors (Lipinski definition) is 6. The molecule has 1 heterocycles. The number of nitrogens with zero attached hydrogens (tertiary/aromatic N) is 1. The van der Waals surface area contributed by atoms with Crippen LogP contribution < -0.4 is 11.1 Å². The van der Waals surface area contributed by atoms with Crippen LogP contribution in [0.15, 0.2) is 29.2 Å². The van der Waals surface area contributed by atoms with E-state index in [2.05, 4.69) is 17.9 Å². The first-order chi connectivity index (χ1) is 12.5. The summed E-state index contributed by atoms with van der Waals surface area (Å²) in [6, 6.07) is 8.08. The standard InChI is InChI=1S/C19H27NO4S2.H3N/c1-2-3-4-5-6-9-12-20-14-10-7-8-11-15(14)25-19(20)26-16(18(23)24)13-17(21)22;/h7-8,10-11,16,19H,2-6,9,12-13H2,1H3,(H,21,22)(H,23,24);1H3. The number of benzene rings is 1. The molecule has 6 nitrogen and oxygen atoms in total. The quantitative estimate of drug-likeness (QED) is 0.406. The van der Waals surface area contributed by atoms with Gasteiger partial charge in [-0.05, 0) is 18.6 Å². The van der Waals surface area contributed by atoms with Gasteiger partial charge in [-0.1, -0.05) is 62.9 Å². The van der Waals surface area contributed by atoms with Gasteiger partial charge in [-0.25, -0.2) is 0 Å². The van der Waals surface area contributed by atoms with Gasteiger partial charge < -0.3 is 21.3 Å². The molecule has 1 aliphatic heterocycles. The average Bonchev–Trinajstić information content (AvgIpc) is 2.94. The number of rotatable bonds is 12. The molecule has 2 unspecified atom stereocenters. The highest BCUT2D eigenvalue weighted by Gasteiger charge is 2.34. The summed E-state index contributed by atoms with van der Waals surface area (Å²) in [6.07, 6.45) is 6.86. The van der Waals surface area contributed by atoms with Gasteiger partial charge in [0.25, 0.3) is 0 Å². The Kier molecular flexibility index (Phi) is 10.6. The number of fused-ring (bicyclic) bond motifs is 1. The molecular weight excluding hydrogens is 384 g/mol. The fourth-order valence-electron chi connectivity index (χ4n) is 2.96. The van der Waals surface area contributed by atoms with Crippen molar-refractivity contribution in [3.05, 3.63) is 24.3 Å². The Balaban J connectivity index is 0.00000364. The molecule has 0 fully saturated rings. The summed E-state index contributed by atoms with van der Waals surface area (Å²) >= 11 is 2.86. The first-order valence-electron chi connectivity index (χ1n) is 9.15. The van der Waals surface area contributed by atoms with E-state index in [0.29, 0.717) is 0 Å². The van der Waals surface area contributed by atoms with Crippen molar-refractivity contribution in [2.75, 3.05) is 11.4 Å². The lowest BCUT2D eigenvalue weighted by atomic mass is 10.1. The maximum absolute atomic E-state index is 11.5. The maximum atomic E-state index is 11.5. The number of carboxylic acid groups (broad SMARTS) is 2. The Hall–Kier alpha value is -1.38. The van der Waals surface area contributed by atoms with Gasteiger partial charge in [0, 0.05) is 11.4 Å². The van der Waals surface area contributed by atoms with Gasteiger partial charge in [0.15, 0.2) is 0 Å². The van der Waals surface area contributed by atoms with Crippen LogP contribution in [0, 0.1) is 0 Å². The smallest absolute Gasteiger partial charge is 0.317 e. The third-order valence-electron chi connectivity index (χ3n) is 4.33. The topological polar surface area (TPSA) is 113 Å². The molecule has 0 saturated carbocycles. The third-order valence-corrected chi connectivity index (χ3v) is 7.19. The van der Waals surface area contributed by atoms with Crippen molar-refractivity contribution in [2.45, 2.75) is 66.7 Å². The maximum Gasteiger partial charge on any atom is 0.317 e. The average molecular weight is 415 g/mol. The molecule has 2 atom stereocenters. The van der Waals surface area contributed by atoms with E-state index in [9.17, 15) is 14.7 Å². The molecule has 2 rings (SSSR count). The number of aliphatic carboxylic acids is 2. The molecule has 1 aromatic rings. The highest BCUT2D eigenvalue weighted by molar-refractivity contribution is 8.18. The van der Waals surface area contributed by atoms with Gasteiger partial charge in [0.2, 0.25) is 0 Å². The highest BCUT2D eigenvalue weighted by atomic mass is 32.2. The molecule has 1 aromatic carbocycles. The summed E-state index contributed by atoms with van der Waals surface area (Å²) in [7, 11) is 0. The van der Waals surface area contributed by atoms with Crippen molar-refractivity contribution in [3.8, 4) is 0 Å². The molecule has 5 N–H and O–H groups in total. The second-order valence-electron chi connectivity index (χ2n) is 6.41. The number of carboxylic acids is 2. The first-order valence-corrected chi connectivity index (χ1v) is 11.0. The Morgan fingerprint density at radius 2 is 1.81 bits per heavy atom. The van der Waals surface area contributed by atoms with E-state index in [4.69, 9.17) is 5.11 Å². The van der Waals surface area contributed by atoms with Crippen LogP contribution in [0.5, 0.6) is 0 Å². The summed E-state index contributed by atoms with van der Waals surface area (Å²) in [5.74, 6) is -2.14. The molecule has 0 saturated heterocycles. The molecule has 0 aliphatic carbocycles. The van der Waals surface area contributed by atoms with Gasteiger partial charge >= 0.3 is 11.9 Å². The Labute approximate surface area is 169 Å².